The molecule has 0 aliphatic rings. The summed E-state index contributed by atoms with van der Waals surface area (Å²) in [5.41, 5.74) is -0.609. The molecule has 0 heterocycles. The summed E-state index contributed by atoms with van der Waals surface area (Å²) in [6, 6.07) is 10.6. The van der Waals surface area contributed by atoms with Gasteiger partial charge in [0.1, 0.15) is 5.75 Å². The fourth-order valence-electron chi connectivity index (χ4n) is 2.05. The molecule has 0 bridgehead atoms. The molecule has 8 nitrogen and oxygen atoms in total. The van der Waals surface area contributed by atoms with E-state index in [9.17, 15) is 19.1 Å². The number of nitrogens with zero attached hydrogens (tertiary/aromatic N) is 2. The Morgan fingerprint density at radius 2 is 1.88 bits per heavy atom. The first-order chi connectivity index (χ1) is 11.8. The minimum absolute atomic E-state index is 0.0477. The summed E-state index contributed by atoms with van der Waals surface area (Å²) >= 11 is 0. The van der Waals surface area contributed by atoms with Crippen molar-refractivity contribution in [2.45, 2.75) is 4.90 Å². The summed E-state index contributed by atoms with van der Waals surface area (Å²) in [5, 5.41) is 11.5. The molecular weight excluding hydrogens is 348 g/mol. The first kappa shape index (κ1) is 18.4. The second-order valence-electron chi connectivity index (χ2n) is 4.97. The zero-order valence-corrected chi connectivity index (χ0v) is 14.6. The van der Waals surface area contributed by atoms with Crippen LogP contribution in [-0.4, -0.2) is 35.5 Å². The number of nitro benzene ring substituents is 1. The van der Waals surface area contributed by atoms with Gasteiger partial charge in [0.25, 0.3) is 0 Å². The molecule has 0 saturated carbocycles. The summed E-state index contributed by atoms with van der Waals surface area (Å²) in [6.07, 6.45) is 1.31. The largest absolute Gasteiger partial charge is 0.465 e. The van der Waals surface area contributed by atoms with E-state index in [4.69, 9.17) is 4.74 Å². The van der Waals surface area contributed by atoms with E-state index < -0.39 is 26.3 Å². The zero-order chi connectivity index (χ0) is 18.6. The number of rotatable bonds is 5. The molecule has 2 rings (SSSR count). The van der Waals surface area contributed by atoms with E-state index in [-0.39, 0.29) is 16.2 Å². The maximum atomic E-state index is 12.8. The SMILES string of the molecule is CN=S(C)(=O)c1cc(C(=O)OC)cc([N+](=O)[O-])c1Oc1ccccc1. The van der Waals surface area contributed by atoms with Crippen LogP contribution in [0.2, 0.25) is 0 Å². The number of hydrogen-bond donors (Lipinski definition) is 0. The minimum atomic E-state index is -3.03. The predicted molar refractivity (Wildman–Crippen MR) is 91.6 cm³/mol. The number of hydrogen-bond acceptors (Lipinski definition) is 7. The third-order valence-electron chi connectivity index (χ3n) is 3.37. The average Bonchev–Trinajstić information content (AvgIpc) is 2.61. The van der Waals surface area contributed by atoms with E-state index in [1.807, 2.05) is 0 Å². The highest BCUT2D eigenvalue weighted by Gasteiger charge is 2.28. The van der Waals surface area contributed by atoms with Gasteiger partial charge in [-0.1, -0.05) is 18.2 Å². The van der Waals surface area contributed by atoms with Crippen molar-refractivity contribution < 1.29 is 23.4 Å². The van der Waals surface area contributed by atoms with E-state index >= 15 is 0 Å². The van der Waals surface area contributed by atoms with E-state index in [2.05, 4.69) is 9.10 Å². The molecule has 25 heavy (non-hydrogen) atoms. The summed E-state index contributed by atoms with van der Waals surface area (Å²) in [5.74, 6) is -0.687. The van der Waals surface area contributed by atoms with Crippen molar-refractivity contribution in [3.8, 4) is 11.5 Å². The Kier molecular flexibility index (Phi) is 5.38. The van der Waals surface area contributed by atoms with Crippen molar-refractivity contribution in [3.63, 3.8) is 0 Å². The highest BCUT2D eigenvalue weighted by atomic mass is 32.2. The van der Waals surface area contributed by atoms with Gasteiger partial charge in [-0.05, 0) is 18.2 Å². The van der Waals surface area contributed by atoms with Crippen molar-refractivity contribution in [2.75, 3.05) is 20.4 Å². The topological polar surface area (TPSA) is 108 Å². The Bertz CT molecular complexity index is 933. The lowest BCUT2D eigenvalue weighted by atomic mass is 10.2. The van der Waals surface area contributed by atoms with Crippen LogP contribution in [0.4, 0.5) is 5.69 Å². The molecule has 0 fully saturated rings. The Labute approximate surface area is 144 Å². The molecule has 2 aromatic carbocycles. The molecule has 0 amide bonds. The zero-order valence-electron chi connectivity index (χ0n) is 13.8. The maximum Gasteiger partial charge on any atom is 0.338 e. The maximum absolute atomic E-state index is 12.8. The normalized spacial score (nSPS) is 12.8. The van der Waals surface area contributed by atoms with Crippen LogP contribution in [0.5, 0.6) is 11.5 Å². The van der Waals surface area contributed by atoms with Gasteiger partial charge in [-0.2, -0.15) is 0 Å². The number of para-hydroxylation sites is 1. The molecule has 1 unspecified atom stereocenters. The van der Waals surface area contributed by atoms with Gasteiger partial charge in [-0.3, -0.25) is 10.1 Å². The first-order valence-electron chi connectivity index (χ1n) is 7.04. The number of carbonyl (C=O) groups excluding carboxylic acids is 1. The van der Waals surface area contributed by atoms with Crippen LogP contribution in [0.1, 0.15) is 10.4 Å². The molecule has 0 spiro atoms. The fraction of sp³-hybridized carbons (Fsp3) is 0.188. The van der Waals surface area contributed by atoms with Gasteiger partial charge in [0, 0.05) is 19.4 Å². The molecule has 0 aliphatic heterocycles. The van der Waals surface area contributed by atoms with Gasteiger partial charge in [0.05, 0.1) is 32.2 Å². The van der Waals surface area contributed by atoms with Crippen LogP contribution < -0.4 is 4.74 Å². The summed E-state index contributed by atoms with van der Waals surface area (Å²) in [4.78, 5) is 22.6. The van der Waals surface area contributed by atoms with Gasteiger partial charge >= 0.3 is 11.7 Å². The highest BCUT2D eigenvalue weighted by molar-refractivity contribution is 7.93. The molecule has 132 valence electrons. The number of ether oxygens (including phenoxy) is 2. The van der Waals surface area contributed by atoms with Gasteiger partial charge in [0.2, 0.25) is 5.75 Å². The van der Waals surface area contributed by atoms with Crippen LogP contribution in [0, 0.1) is 10.1 Å². The lowest BCUT2D eigenvalue weighted by molar-refractivity contribution is -0.385. The number of carbonyl (C=O) groups is 1. The van der Waals surface area contributed by atoms with E-state index in [1.165, 1.54) is 19.4 Å². The van der Waals surface area contributed by atoms with E-state index in [1.54, 1.807) is 30.3 Å². The fourth-order valence-corrected chi connectivity index (χ4v) is 3.08. The minimum Gasteiger partial charge on any atom is -0.465 e. The van der Waals surface area contributed by atoms with Gasteiger partial charge in [-0.15, -0.1) is 0 Å². The Balaban J connectivity index is 2.80. The van der Waals surface area contributed by atoms with Crippen molar-refractivity contribution in [3.05, 3.63) is 58.1 Å². The Hall–Kier alpha value is -2.94. The van der Waals surface area contributed by atoms with Crippen LogP contribution in [0.3, 0.4) is 0 Å². The average molecular weight is 364 g/mol. The lowest BCUT2D eigenvalue weighted by Gasteiger charge is -2.14. The van der Waals surface area contributed by atoms with Crippen molar-refractivity contribution in [1.82, 2.24) is 0 Å². The smallest absolute Gasteiger partial charge is 0.338 e. The first-order valence-corrected chi connectivity index (χ1v) is 8.96. The molecular formula is C16H16N2O6S. The van der Waals surface area contributed by atoms with E-state index in [0.29, 0.717) is 5.75 Å². The summed E-state index contributed by atoms with van der Waals surface area (Å²) in [6.45, 7) is 0. The monoisotopic (exact) mass is 364 g/mol. The van der Waals surface area contributed by atoms with Crippen LogP contribution in [0.15, 0.2) is 51.7 Å². The van der Waals surface area contributed by atoms with Gasteiger partial charge < -0.3 is 9.47 Å². The second kappa shape index (κ2) is 7.31. The van der Waals surface area contributed by atoms with Crippen LogP contribution in [0.25, 0.3) is 0 Å². The van der Waals surface area contributed by atoms with Crippen molar-refractivity contribution in [2.24, 2.45) is 4.36 Å². The molecule has 0 aliphatic carbocycles. The predicted octanol–water partition coefficient (Wildman–Crippen LogP) is 3.26. The van der Waals surface area contributed by atoms with Crippen molar-refractivity contribution >= 4 is 21.4 Å². The summed E-state index contributed by atoms with van der Waals surface area (Å²) in [7, 11) is -0.558. The standard InChI is InChI=1S/C16H16N2O6S/c1-17-25(3,22)14-10-11(16(19)23-2)9-13(18(20)21)15(14)24-12-7-5-4-6-8-12/h4-10H,1-3H3. The van der Waals surface area contributed by atoms with Gasteiger partial charge in [-0.25, -0.2) is 13.4 Å². The molecule has 9 heteroatoms. The molecule has 2 aromatic rings. The highest BCUT2D eigenvalue weighted by Crippen LogP contribution is 2.39. The second-order valence-corrected chi connectivity index (χ2v) is 7.38. The molecule has 0 aromatic heterocycles. The number of esters is 1. The van der Waals surface area contributed by atoms with E-state index in [0.717, 1.165) is 13.2 Å². The number of nitro groups is 1. The number of methoxy groups -OCH3 is 1. The Morgan fingerprint density at radius 1 is 1.24 bits per heavy atom. The third-order valence-corrected chi connectivity index (χ3v) is 5.19. The Morgan fingerprint density at radius 3 is 2.40 bits per heavy atom. The lowest BCUT2D eigenvalue weighted by Crippen LogP contribution is -2.08. The molecule has 0 radical (unpaired) electrons. The quantitative estimate of drug-likeness (QED) is 0.458. The van der Waals surface area contributed by atoms with Crippen LogP contribution in [-0.2, 0) is 14.5 Å². The summed E-state index contributed by atoms with van der Waals surface area (Å²) < 4.78 is 26.8. The van der Waals surface area contributed by atoms with Gasteiger partial charge in [0.15, 0.2) is 0 Å². The molecule has 0 saturated heterocycles. The number of benzene rings is 2. The molecule has 1 atom stereocenters. The van der Waals surface area contributed by atoms with Crippen molar-refractivity contribution in [1.29, 1.82) is 0 Å². The third kappa shape index (κ3) is 3.94. The van der Waals surface area contributed by atoms with Crippen LogP contribution >= 0.6 is 0 Å². The molecule has 0 N–H and O–H groups in total.